The van der Waals surface area contributed by atoms with Gasteiger partial charge in [0, 0.05) is 6.61 Å². The average molecular weight is 334 g/mol. The van der Waals surface area contributed by atoms with Gasteiger partial charge in [0.2, 0.25) is 0 Å². The van der Waals surface area contributed by atoms with Crippen LogP contribution in [0.4, 0.5) is 0 Å². The van der Waals surface area contributed by atoms with Gasteiger partial charge in [0.05, 0.1) is 17.6 Å². The number of rotatable bonds is 9. The van der Waals surface area contributed by atoms with E-state index in [1.807, 2.05) is 0 Å². The number of nitrogens with zero attached hydrogens (tertiary/aromatic N) is 1. The Balaban J connectivity index is 1.62. The molecule has 0 unspecified atom stereocenters. The Labute approximate surface area is 150 Å². The van der Waals surface area contributed by atoms with Crippen molar-refractivity contribution in [2.45, 2.75) is 110 Å². The zero-order chi connectivity index (χ0) is 17.3. The summed E-state index contributed by atoms with van der Waals surface area (Å²) in [6.45, 7) is 5.49. The van der Waals surface area contributed by atoms with E-state index in [0.29, 0.717) is 6.10 Å². The second kappa shape index (κ2) is 10.4. The fourth-order valence-electron chi connectivity index (χ4n) is 4.70. The van der Waals surface area contributed by atoms with Gasteiger partial charge in [0.15, 0.2) is 0 Å². The van der Waals surface area contributed by atoms with Gasteiger partial charge in [-0.3, -0.25) is 0 Å². The zero-order valence-electron chi connectivity index (χ0n) is 16.2. The van der Waals surface area contributed by atoms with Gasteiger partial charge in [-0.2, -0.15) is 5.26 Å². The first-order chi connectivity index (χ1) is 11.7. The van der Waals surface area contributed by atoms with Crippen LogP contribution in [0.1, 0.15) is 104 Å². The molecule has 0 radical (unpaired) electrons. The van der Waals surface area contributed by atoms with E-state index in [-0.39, 0.29) is 5.41 Å². The Morgan fingerprint density at radius 2 is 1.54 bits per heavy atom. The van der Waals surface area contributed by atoms with Crippen LogP contribution < -0.4 is 0 Å². The number of ether oxygens (including phenoxy) is 1. The van der Waals surface area contributed by atoms with Crippen LogP contribution in [-0.2, 0) is 4.74 Å². The van der Waals surface area contributed by atoms with E-state index in [4.69, 9.17) is 4.74 Å². The van der Waals surface area contributed by atoms with Crippen molar-refractivity contribution < 1.29 is 4.74 Å². The number of unbranched alkanes of at least 4 members (excludes halogenated alkanes) is 2. The van der Waals surface area contributed by atoms with Crippen molar-refractivity contribution in [3.05, 3.63) is 0 Å². The van der Waals surface area contributed by atoms with E-state index in [2.05, 4.69) is 19.9 Å². The summed E-state index contributed by atoms with van der Waals surface area (Å²) in [5.74, 6) is 1.79. The molecular formula is C22H39NO. The molecule has 0 bridgehead atoms. The molecule has 0 aromatic carbocycles. The highest BCUT2D eigenvalue weighted by Gasteiger charge is 2.35. The molecule has 2 rings (SSSR count). The topological polar surface area (TPSA) is 33.0 Å². The lowest BCUT2D eigenvalue weighted by molar-refractivity contribution is -0.0184. The minimum absolute atomic E-state index is 0.0345. The first kappa shape index (κ1) is 19.8. The molecule has 0 atom stereocenters. The number of hydrogen-bond donors (Lipinski definition) is 0. The number of hydrogen-bond acceptors (Lipinski definition) is 2. The van der Waals surface area contributed by atoms with E-state index in [1.54, 1.807) is 0 Å². The van der Waals surface area contributed by atoms with Gasteiger partial charge < -0.3 is 4.74 Å². The summed E-state index contributed by atoms with van der Waals surface area (Å²) in [4.78, 5) is 0. The summed E-state index contributed by atoms with van der Waals surface area (Å²) in [6, 6.07) is 2.64. The Bertz CT molecular complexity index is 370. The minimum Gasteiger partial charge on any atom is -0.378 e. The SMILES string of the molecule is CCCCC1CCC(COC2CCC(C#N)(CCCC)CC2)CC1. The van der Waals surface area contributed by atoms with Gasteiger partial charge in [-0.1, -0.05) is 58.8 Å². The molecule has 2 aliphatic rings. The lowest BCUT2D eigenvalue weighted by Gasteiger charge is -2.36. The normalized spacial score (nSPS) is 34.0. The van der Waals surface area contributed by atoms with Crippen molar-refractivity contribution in [3.63, 3.8) is 0 Å². The molecule has 0 heterocycles. The maximum absolute atomic E-state index is 9.58. The molecule has 0 spiro atoms. The van der Waals surface area contributed by atoms with Crippen molar-refractivity contribution in [3.8, 4) is 6.07 Å². The molecule has 138 valence electrons. The lowest BCUT2D eigenvalue weighted by atomic mass is 9.71. The first-order valence-electron chi connectivity index (χ1n) is 10.7. The van der Waals surface area contributed by atoms with Crippen LogP contribution in [-0.4, -0.2) is 12.7 Å². The smallest absolute Gasteiger partial charge is 0.0689 e. The van der Waals surface area contributed by atoms with Gasteiger partial charge in [0.1, 0.15) is 0 Å². The maximum atomic E-state index is 9.58. The second-order valence-electron chi connectivity index (χ2n) is 8.56. The standard InChI is InChI=1S/C22H39NO/c1-3-5-7-19-8-10-20(11-9-19)17-24-21-12-15-22(18-23,16-13-21)14-6-4-2/h19-21H,3-17H2,1-2H3. The summed E-state index contributed by atoms with van der Waals surface area (Å²) < 4.78 is 6.27. The third-order valence-electron chi connectivity index (χ3n) is 6.64. The summed E-state index contributed by atoms with van der Waals surface area (Å²) in [5.41, 5.74) is -0.0345. The fraction of sp³-hybridized carbons (Fsp3) is 0.955. The third-order valence-corrected chi connectivity index (χ3v) is 6.64. The Kier molecular flexibility index (Phi) is 8.60. The molecule has 2 heteroatoms. The molecule has 24 heavy (non-hydrogen) atoms. The number of nitriles is 1. The van der Waals surface area contributed by atoms with Crippen molar-refractivity contribution >= 4 is 0 Å². The predicted molar refractivity (Wildman–Crippen MR) is 101 cm³/mol. The van der Waals surface area contributed by atoms with Gasteiger partial charge in [0.25, 0.3) is 0 Å². The van der Waals surface area contributed by atoms with E-state index < -0.39 is 0 Å². The van der Waals surface area contributed by atoms with Crippen molar-refractivity contribution in [2.75, 3.05) is 6.61 Å². The average Bonchev–Trinajstić information content (AvgIpc) is 2.65. The van der Waals surface area contributed by atoms with E-state index in [1.165, 1.54) is 57.8 Å². The van der Waals surface area contributed by atoms with Crippen molar-refractivity contribution in [1.29, 1.82) is 5.26 Å². The van der Waals surface area contributed by atoms with Crippen LogP contribution in [0.2, 0.25) is 0 Å². The molecule has 0 aliphatic heterocycles. The molecular weight excluding hydrogens is 294 g/mol. The van der Waals surface area contributed by atoms with Crippen molar-refractivity contribution in [2.24, 2.45) is 17.3 Å². The van der Waals surface area contributed by atoms with Gasteiger partial charge >= 0.3 is 0 Å². The van der Waals surface area contributed by atoms with Crippen LogP contribution in [0, 0.1) is 28.6 Å². The minimum atomic E-state index is -0.0345. The van der Waals surface area contributed by atoms with Crippen LogP contribution in [0.5, 0.6) is 0 Å². The van der Waals surface area contributed by atoms with Gasteiger partial charge in [-0.15, -0.1) is 0 Å². The quantitative estimate of drug-likeness (QED) is 0.473. The van der Waals surface area contributed by atoms with Crippen molar-refractivity contribution in [1.82, 2.24) is 0 Å². The van der Waals surface area contributed by atoms with E-state index in [9.17, 15) is 5.26 Å². The molecule has 0 aromatic heterocycles. The summed E-state index contributed by atoms with van der Waals surface area (Å²) in [7, 11) is 0. The molecule has 0 N–H and O–H groups in total. The van der Waals surface area contributed by atoms with Crippen LogP contribution in [0.3, 0.4) is 0 Å². The molecule has 2 saturated carbocycles. The molecule has 0 aromatic rings. The molecule has 0 saturated heterocycles. The highest BCUT2D eigenvalue weighted by Crippen LogP contribution is 2.41. The Morgan fingerprint density at radius 3 is 2.12 bits per heavy atom. The first-order valence-corrected chi connectivity index (χ1v) is 10.7. The Morgan fingerprint density at radius 1 is 0.917 bits per heavy atom. The van der Waals surface area contributed by atoms with Gasteiger partial charge in [-0.05, 0) is 56.8 Å². The monoisotopic (exact) mass is 333 g/mol. The van der Waals surface area contributed by atoms with Crippen LogP contribution >= 0.6 is 0 Å². The van der Waals surface area contributed by atoms with Crippen LogP contribution in [0.15, 0.2) is 0 Å². The summed E-state index contributed by atoms with van der Waals surface area (Å²) in [6.07, 6.45) is 18.0. The highest BCUT2D eigenvalue weighted by atomic mass is 16.5. The lowest BCUT2D eigenvalue weighted by Crippen LogP contribution is -2.31. The zero-order valence-corrected chi connectivity index (χ0v) is 16.2. The van der Waals surface area contributed by atoms with Crippen LogP contribution in [0.25, 0.3) is 0 Å². The molecule has 0 amide bonds. The Hall–Kier alpha value is -0.550. The largest absolute Gasteiger partial charge is 0.378 e. The van der Waals surface area contributed by atoms with E-state index >= 15 is 0 Å². The summed E-state index contributed by atoms with van der Waals surface area (Å²) in [5, 5.41) is 9.58. The highest BCUT2D eigenvalue weighted by molar-refractivity contribution is 5.01. The van der Waals surface area contributed by atoms with E-state index in [0.717, 1.165) is 50.5 Å². The molecule has 2 fully saturated rings. The van der Waals surface area contributed by atoms with Gasteiger partial charge in [-0.25, -0.2) is 0 Å². The molecule has 2 aliphatic carbocycles. The summed E-state index contributed by atoms with van der Waals surface area (Å²) >= 11 is 0. The third kappa shape index (κ3) is 6.07. The predicted octanol–water partition coefficient (Wildman–Crippen LogP) is 6.64. The fourth-order valence-corrected chi connectivity index (χ4v) is 4.70. The maximum Gasteiger partial charge on any atom is 0.0689 e. The second-order valence-corrected chi connectivity index (χ2v) is 8.56. The molecule has 2 nitrogen and oxygen atoms in total.